The number of aromatic nitrogens is 3. The molecule has 2 aromatic heterocycles. The van der Waals surface area contributed by atoms with E-state index in [4.69, 9.17) is 0 Å². The van der Waals surface area contributed by atoms with E-state index < -0.39 is 0 Å². The summed E-state index contributed by atoms with van der Waals surface area (Å²) in [6.45, 7) is 8.14. The van der Waals surface area contributed by atoms with Gasteiger partial charge in [0, 0.05) is 18.4 Å². The average Bonchev–Trinajstić information content (AvgIpc) is 2.83. The zero-order valence-corrected chi connectivity index (χ0v) is 12.0. The van der Waals surface area contributed by atoms with E-state index in [1.54, 1.807) is 0 Å². The first-order valence-corrected chi connectivity index (χ1v) is 6.96. The van der Waals surface area contributed by atoms with Crippen LogP contribution in [0, 0.1) is 6.92 Å². The molecule has 2 aromatic rings. The van der Waals surface area contributed by atoms with E-state index in [2.05, 4.69) is 41.4 Å². The first kappa shape index (κ1) is 13.7. The minimum atomic E-state index is 0.878. The van der Waals surface area contributed by atoms with E-state index >= 15 is 0 Å². The van der Waals surface area contributed by atoms with E-state index in [9.17, 15) is 0 Å². The van der Waals surface area contributed by atoms with Crippen molar-refractivity contribution in [3.05, 3.63) is 41.3 Å². The van der Waals surface area contributed by atoms with Gasteiger partial charge in [0.2, 0.25) is 0 Å². The molecule has 0 radical (unpaired) electrons. The minimum Gasteiger partial charge on any atom is -0.313 e. The van der Waals surface area contributed by atoms with Crippen molar-refractivity contribution in [1.82, 2.24) is 20.1 Å². The largest absolute Gasteiger partial charge is 0.313 e. The highest BCUT2D eigenvalue weighted by atomic mass is 15.3. The molecular weight excluding hydrogens is 236 g/mol. The van der Waals surface area contributed by atoms with Crippen LogP contribution in [0.1, 0.15) is 37.2 Å². The Balaban J connectivity index is 2.33. The third kappa shape index (κ3) is 3.64. The number of nitrogens with one attached hydrogen (secondary N) is 1. The fourth-order valence-electron chi connectivity index (χ4n) is 2.05. The molecule has 2 rings (SSSR count). The topological polar surface area (TPSA) is 42.7 Å². The lowest BCUT2D eigenvalue weighted by Gasteiger charge is -2.09. The molecule has 1 N–H and O–H groups in total. The second-order valence-electron chi connectivity index (χ2n) is 4.76. The molecule has 2 heterocycles. The number of rotatable bonds is 6. The number of hydrogen-bond acceptors (Lipinski definition) is 3. The van der Waals surface area contributed by atoms with Crippen molar-refractivity contribution in [2.75, 3.05) is 6.54 Å². The van der Waals surface area contributed by atoms with Gasteiger partial charge in [0.25, 0.3) is 0 Å². The van der Waals surface area contributed by atoms with Gasteiger partial charge in [0.15, 0.2) is 5.82 Å². The molecule has 0 saturated heterocycles. The third-order valence-corrected chi connectivity index (χ3v) is 2.97. The first-order chi connectivity index (χ1) is 9.22. The maximum Gasteiger partial charge on any atom is 0.153 e. The number of nitrogens with zero attached hydrogens (tertiary/aromatic N) is 3. The van der Waals surface area contributed by atoms with Gasteiger partial charge in [-0.1, -0.05) is 20.3 Å². The van der Waals surface area contributed by atoms with E-state index in [1.807, 2.05) is 23.9 Å². The molecule has 0 amide bonds. The van der Waals surface area contributed by atoms with Crippen molar-refractivity contribution < 1.29 is 0 Å². The van der Waals surface area contributed by atoms with E-state index in [-0.39, 0.29) is 0 Å². The molecule has 0 atom stereocenters. The Morgan fingerprint density at radius 3 is 2.74 bits per heavy atom. The van der Waals surface area contributed by atoms with Gasteiger partial charge in [0.1, 0.15) is 0 Å². The maximum absolute atomic E-state index is 4.69. The summed E-state index contributed by atoms with van der Waals surface area (Å²) in [5.41, 5.74) is 3.42. The van der Waals surface area contributed by atoms with Crippen molar-refractivity contribution in [3.8, 4) is 5.82 Å². The lowest BCUT2D eigenvalue weighted by Crippen LogP contribution is -2.13. The molecular formula is C15H22N4. The lowest BCUT2D eigenvalue weighted by molar-refractivity contribution is 0.718. The van der Waals surface area contributed by atoms with Gasteiger partial charge < -0.3 is 5.32 Å². The number of aryl methyl sites for hydroxylation is 2. The SMILES string of the molecule is CCCc1cc(CNCC)cc(-n2ccc(C)n2)n1. The number of hydrogen-bond donors (Lipinski definition) is 1. The monoisotopic (exact) mass is 258 g/mol. The Labute approximate surface area is 114 Å². The summed E-state index contributed by atoms with van der Waals surface area (Å²) in [5.74, 6) is 0.909. The standard InChI is InChI=1S/C15H22N4/c1-4-6-14-9-13(11-16-5-2)10-15(17-14)19-8-7-12(3)18-19/h7-10,16H,4-6,11H2,1-3H3. The molecule has 4 nitrogen and oxygen atoms in total. The molecule has 0 saturated carbocycles. The highest BCUT2D eigenvalue weighted by molar-refractivity contribution is 5.31. The highest BCUT2D eigenvalue weighted by Gasteiger charge is 2.05. The van der Waals surface area contributed by atoms with E-state index in [0.717, 1.165) is 43.1 Å². The fraction of sp³-hybridized carbons (Fsp3) is 0.467. The molecule has 19 heavy (non-hydrogen) atoms. The van der Waals surface area contributed by atoms with Gasteiger partial charge in [0.05, 0.1) is 5.69 Å². The van der Waals surface area contributed by atoms with Crippen LogP contribution in [0.4, 0.5) is 0 Å². The zero-order valence-electron chi connectivity index (χ0n) is 12.0. The smallest absolute Gasteiger partial charge is 0.153 e. The number of pyridine rings is 1. The summed E-state index contributed by atoms with van der Waals surface area (Å²) in [6, 6.07) is 6.29. The normalized spacial score (nSPS) is 10.9. The van der Waals surface area contributed by atoms with Crippen LogP contribution >= 0.6 is 0 Å². The molecule has 0 aromatic carbocycles. The first-order valence-electron chi connectivity index (χ1n) is 6.96. The van der Waals surface area contributed by atoms with Gasteiger partial charge in [-0.05, 0) is 43.7 Å². The minimum absolute atomic E-state index is 0.878. The summed E-state index contributed by atoms with van der Waals surface area (Å²) in [6.07, 6.45) is 4.08. The van der Waals surface area contributed by atoms with Crippen LogP contribution in [0.15, 0.2) is 24.4 Å². The molecule has 0 unspecified atom stereocenters. The van der Waals surface area contributed by atoms with Crippen LogP contribution in [0.25, 0.3) is 5.82 Å². The van der Waals surface area contributed by atoms with Crippen molar-refractivity contribution in [1.29, 1.82) is 0 Å². The van der Waals surface area contributed by atoms with Crippen molar-refractivity contribution in [2.24, 2.45) is 0 Å². The predicted molar refractivity (Wildman–Crippen MR) is 77.5 cm³/mol. The molecule has 0 fully saturated rings. The van der Waals surface area contributed by atoms with Crippen molar-refractivity contribution >= 4 is 0 Å². The Hall–Kier alpha value is -1.68. The summed E-state index contributed by atoms with van der Waals surface area (Å²) in [7, 11) is 0. The summed E-state index contributed by atoms with van der Waals surface area (Å²) < 4.78 is 1.85. The van der Waals surface area contributed by atoms with Crippen LogP contribution in [0.3, 0.4) is 0 Å². The summed E-state index contributed by atoms with van der Waals surface area (Å²) in [4.78, 5) is 4.69. The molecule has 0 aliphatic heterocycles. The maximum atomic E-state index is 4.69. The fourth-order valence-corrected chi connectivity index (χ4v) is 2.05. The molecule has 4 heteroatoms. The third-order valence-electron chi connectivity index (χ3n) is 2.97. The Morgan fingerprint density at radius 1 is 1.26 bits per heavy atom. The van der Waals surface area contributed by atoms with Crippen molar-refractivity contribution in [3.63, 3.8) is 0 Å². The van der Waals surface area contributed by atoms with Gasteiger partial charge in [-0.15, -0.1) is 0 Å². The second-order valence-corrected chi connectivity index (χ2v) is 4.76. The van der Waals surface area contributed by atoms with Gasteiger partial charge in [-0.3, -0.25) is 0 Å². The van der Waals surface area contributed by atoms with E-state index in [1.165, 1.54) is 5.56 Å². The Kier molecular flexibility index (Phi) is 4.68. The summed E-state index contributed by atoms with van der Waals surface area (Å²) in [5, 5.41) is 7.80. The molecule has 0 spiro atoms. The average molecular weight is 258 g/mol. The van der Waals surface area contributed by atoms with E-state index in [0.29, 0.717) is 0 Å². The van der Waals surface area contributed by atoms with Gasteiger partial charge >= 0.3 is 0 Å². The highest BCUT2D eigenvalue weighted by Crippen LogP contribution is 2.12. The van der Waals surface area contributed by atoms with Gasteiger partial charge in [-0.25, -0.2) is 9.67 Å². The molecule has 102 valence electrons. The van der Waals surface area contributed by atoms with Crippen LogP contribution in [0.5, 0.6) is 0 Å². The predicted octanol–water partition coefficient (Wildman–Crippen LogP) is 2.64. The lowest BCUT2D eigenvalue weighted by atomic mass is 10.1. The summed E-state index contributed by atoms with van der Waals surface area (Å²) >= 11 is 0. The Bertz CT molecular complexity index is 531. The zero-order chi connectivity index (χ0) is 13.7. The Morgan fingerprint density at radius 2 is 2.11 bits per heavy atom. The second kappa shape index (κ2) is 6.48. The molecule has 0 bridgehead atoms. The van der Waals surface area contributed by atoms with Crippen LogP contribution in [-0.4, -0.2) is 21.3 Å². The molecule has 0 aliphatic rings. The van der Waals surface area contributed by atoms with Gasteiger partial charge in [-0.2, -0.15) is 5.10 Å². The van der Waals surface area contributed by atoms with Crippen LogP contribution < -0.4 is 5.32 Å². The van der Waals surface area contributed by atoms with Crippen LogP contribution in [-0.2, 0) is 13.0 Å². The molecule has 0 aliphatic carbocycles. The quantitative estimate of drug-likeness (QED) is 0.866. The van der Waals surface area contributed by atoms with Crippen molar-refractivity contribution in [2.45, 2.75) is 40.2 Å². The van der Waals surface area contributed by atoms with Crippen LogP contribution in [0.2, 0.25) is 0 Å².